The second-order valence-corrected chi connectivity index (χ2v) is 6.83. The molecule has 3 aliphatic rings. The van der Waals surface area contributed by atoms with Gasteiger partial charge >= 0.3 is 18.9 Å². The Morgan fingerprint density at radius 3 is 2.33 bits per heavy atom. The van der Waals surface area contributed by atoms with E-state index in [9.17, 15) is 0 Å². The molecule has 1 aromatic rings. The first-order valence-corrected chi connectivity index (χ1v) is 7.76. The molecule has 92 valence electrons. The monoisotopic (exact) mass is 235 g/mol. The van der Waals surface area contributed by atoms with Crippen LogP contribution < -0.4 is 18.9 Å². The van der Waals surface area contributed by atoms with Crippen LogP contribution in [0.5, 0.6) is 0 Å². The molecule has 1 nitrogen and oxygen atoms in total. The van der Waals surface area contributed by atoms with Gasteiger partial charge in [0.05, 0.1) is 6.28 Å². The van der Waals surface area contributed by atoms with Crippen LogP contribution in [0.15, 0.2) is 18.3 Å². The fourth-order valence-electron chi connectivity index (χ4n) is 5.90. The first kappa shape index (κ1) is 13.0. The van der Waals surface area contributed by atoms with E-state index >= 15 is 0 Å². The fourth-order valence-corrected chi connectivity index (χ4v) is 5.90. The van der Waals surface area contributed by atoms with Crippen molar-refractivity contribution in [3.8, 4) is 0 Å². The first-order valence-electron chi connectivity index (χ1n) is 7.76. The van der Waals surface area contributed by atoms with Gasteiger partial charge in [0.15, 0.2) is 0 Å². The Balaban J connectivity index is 0.000001000. The van der Waals surface area contributed by atoms with Gasteiger partial charge in [-0.25, -0.2) is 0 Å². The number of rotatable bonds is 0. The smallest absolute Gasteiger partial charge is 0.527 e. The molecule has 2 fully saturated rings. The molecule has 0 unspecified atom stereocenters. The van der Waals surface area contributed by atoms with Crippen molar-refractivity contribution in [1.82, 2.24) is 4.48 Å². The van der Waals surface area contributed by atoms with Crippen molar-refractivity contribution in [2.75, 3.05) is 0 Å². The Kier molecular flexibility index (Phi) is 3.46. The van der Waals surface area contributed by atoms with Crippen LogP contribution in [0.4, 0.5) is 0 Å². The van der Waals surface area contributed by atoms with Crippen molar-refractivity contribution in [3.63, 3.8) is 0 Å². The maximum atomic E-state index is 2.79. The van der Waals surface area contributed by atoms with E-state index in [4.69, 9.17) is 0 Å². The Morgan fingerprint density at radius 1 is 1.00 bits per heavy atom. The molecule has 1 spiro atoms. The summed E-state index contributed by atoms with van der Waals surface area (Å²) in [5.74, 6) is 2.10. The minimum Gasteiger partial charge on any atom is -0.527 e. The SMILES string of the molecule is [Li+].c1cc2n(c1)[B-]1(CCC2)C2CCCC1CCC2. The van der Waals surface area contributed by atoms with Gasteiger partial charge in [-0.1, -0.05) is 44.9 Å². The van der Waals surface area contributed by atoms with Gasteiger partial charge in [-0.2, -0.15) is 6.32 Å². The predicted molar refractivity (Wildman–Crippen MR) is 73.9 cm³/mol. The molecule has 2 bridgehead atoms. The van der Waals surface area contributed by atoms with E-state index in [1.54, 1.807) is 5.69 Å². The summed E-state index contributed by atoms with van der Waals surface area (Å²) < 4.78 is 2.79. The number of fused-ring (bicyclic) bond motifs is 1. The van der Waals surface area contributed by atoms with Crippen LogP contribution in [0.2, 0.25) is 18.0 Å². The zero-order valence-corrected chi connectivity index (χ0v) is 11.8. The van der Waals surface area contributed by atoms with Gasteiger partial charge in [0.1, 0.15) is 0 Å². The summed E-state index contributed by atoms with van der Waals surface area (Å²) in [6.07, 6.45) is 15.6. The Hall–Kier alpha value is -0.0577. The number of aryl methyl sites for hydroxylation is 1. The first-order chi connectivity index (χ1) is 8.41. The summed E-state index contributed by atoms with van der Waals surface area (Å²) in [6.45, 7) is 0. The van der Waals surface area contributed by atoms with Crippen LogP contribution in [-0.2, 0) is 6.42 Å². The average Bonchev–Trinajstić information content (AvgIpc) is 2.78. The van der Waals surface area contributed by atoms with E-state index < -0.39 is 0 Å². The number of aromatic nitrogens is 1. The molecule has 4 rings (SSSR count). The molecule has 3 aliphatic heterocycles. The van der Waals surface area contributed by atoms with E-state index in [2.05, 4.69) is 22.8 Å². The molecule has 0 saturated carbocycles. The van der Waals surface area contributed by atoms with Gasteiger partial charge in [-0.05, 0) is 30.4 Å². The van der Waals surface area contributed by atoms with Gasteiger partial charge in [0.25, 0.3) is 0 Å². The third kappa shape index (κ3) is 1.62. The van der Waals surface area contributed by atoms with Crippen molar-refractivity contribution in [3.05, 3.63) is 24.0 Å². The standard InChI is InChI=1S/C15H23BN.Li/c1-5-13-7-2-8-14(6-1)16(13)11-3-9-15-10-4-12-17(15)16;/h4,10,12-14H,1-3,5-9,11H2;/q-1;+1. The maximum absolute atomic E-state index is 2.79. The van der Waals surface area contributed by atoms with Crippen molar-refractivity contribution in [1.29, 1.82) is 0 Å². The summed E-state index contributed by atoms with van der Waals surface area (Å²) in [7, 11) is 0. The Labute approximate surface area is 123 Å². The average molecular weight is 235 g/mol. The summed E-state index contributed by atoms with van der Waals surface area (Å²) in [4.78, 5) is 0. The van der Waals surface area contributed by atoms with E-state index in [0.29, 0.717) is 0 Å². The second kappa shape index (κ2) is 4.80. The van der Waals surface area contributed by atoms with E-state index in [0.717, 1.165) is 11.6 Å². The second-order valence-electron chi connectivity index (χ2n) is 6.83. The minimum atomic E-state index is -0.223. The molecule has 0 radical (unpaired) electrons. The van der Waals surface area contributed by atoms with Crippen LogP contribution in [0.1, 0.15) is 50.6 Å². The maximum Gasteiger partial charge on any atom is 1.00 e. The summed E-state index contributed by atoms with van der Waals surface area (Å²) in [6, 6.07) is 4.68. The van der Waals surface area contributed by atoms with Crippen LogP contribution in [0.3, 0.4) is 0 Å². The van der Waals surface area contributed by atoms with E-state index in [1.165, 1.54) is 57.7 Å². The molecule has 0 atom stereocenters. The summed E-state index contributed by atoms with van der Waals surface area (Å²) >= 11 is 0. The van der Waals surface area contributed by atoms with Crippen LogP contribution in [0.25, 0.3) is 0 Å². The van der Waals surface area contributed by atoms with E-state index in [1.807, 2.05) is 0 Å². The number of hydrogen-bond donors (Lipinski definition) is 0. The van der Waals surface area contributed by atoms with E-state index in [-0.39, 0.29) is 25.1 Å². The Bertz CT molecular complexity index is 406. The van der Waals surface area contributed by atoms with Crippen LogP contribution in [0, 0.1) is 0 Å². The summed E-state index contributed by atoms with van der Waals surface area (Å²) in [5, 5.41) is 0. The van der Waals surface area contributed by atoms with Gasteiger partial charge < -0.3 is 4.48 Å². The van der Waals surface area contributed by atoms with Crippen molar-refractivity contribution in [2.24, 2.45) is 0 Å². The van der Waals surface area contributed by atoms with Crippen molar-refractivity contribution in [2.45, 2.75) is 69.3 Å². The molecule has 1 aromatic heterocycles. The van der Waals surface area contributed by atoms with Gasteiger partial charge in [0.2, 0.25) is 0 Å². The largest absolute Gasteiger partial charge is 1.00 e. The Morgan fingerprint density at radius 2 is 1.67 bits per heavy atom. The molecule has 2 saturated heterocycles. The minimum absolute atomic E-state index is 0. The topological polar surface area (TPSA) is 4.93 Å². The van der Waals surface area contributed by atoms with Crippen molar-refractivity contribution >= 4 is 6.28 Å². The molecule has 0 amide bonds. The molecular weight excluding hydrogens is 212 g/mol. The molecule has 4 heterocycles. The number of hydrogen-bond acceptors (Lipinski definition) is 0. The van der Waals surface area contributed by atoms with Gasteiger partial charge in [-0.3, -0.25) is 0 Å². The quantitative estimate of drug-likeness (QED) is 0.598. The van der Waals surface area contributed by atoms with Crippen LogP contribution >= 0.6 is 0 Å². The van der Waals surface area contributed by atoms with Gasteiger partial charge in [-0.15, -0.1) is 11.6 Å². The third-order valence-electron chi connectivity index (χ3n) is 6.42. The fraction of sp³-hybridized carbons (Fsp3) is 0.733. The molecular formula is C15H23BLiN. The molecule has 0 aromatic carbocycles. The zero-order valence-electron chi connectivity index (χ0n) is 11.8. The molecule has 0 aliphatic carbocycles. The normalized spacial score (nSPS) is 38.0. The predicted octanol–water partition coefficient (Wildman–Crippen LogP) is 1.34. The molecule has 3 heteroatoms. The van der Waals surface area contributed by atoms with Gasteiger partial charge in [0, 0.05) is 0 Å². The van der Waals surface area contributed by atoms with Crippen molar-refractivity contribution < 1.29 is 18.9 Å². The molecule has 18 heavy (non-hydrogen) atoms. The summed E-state index contributed by atoms with van der Waals surface area (Å²) in [5.41, 5.74) is 1.65. The third-order valence-corrected chi connectivity index (χ3v) is 6.42. The molecule has 0 N–H and O–H groups in total. The number of nitrogens with zero attached hydrogens (tertiary/aromatic N) is 1. The van der Waals surface area contributed by atoms with Crippen LogP contribution in [-0.4, -0.2) is 10.8 Å². The zero-order chi connectivity index (χ0) is 11.3.